The molecular weight excluding hydrogens is 438 g/mol. The Labute approximate surface area is 203 Å². The van der Waals surface area contributed by atoms with Crippen molar-refractivity contribution in [2.75, 3.05) is 48.1 Å². The van der Waals surface area contributed by atoms with Crippen LogP contribution in [0, 0.1) is 0 Å². The van der Waals surface area contributed by atoms with Crippen LogP contribution in [0.3, 0.4) is 0 Å². The van der Waals surface area contributed by atoms with Gasteiger partial charge < -0.3 is 28.6 Å². The third-order valence-corrected chi connectivity index (χ3v) is 6.39. The zero-order valence-electron chi connectivity index (χ0n) is 21.3. The number of benzene rings is 1. The van der Waals surface area contributed by atoms with Gasteiger partial charge in [-0.05, 0) is 56.4 Å². The molecule has 2 rings (SSSR count). The average Bonchev–Trinajstić information content (AvgIpc) is 2.86. The van der Waals surface area contributed by atoms with Crippen LogP contribution < -0.4 is 9.47 Å². The number of hydrogen-bond acceptors (Lipinski definition) is 7. The van der Waals surface area contributed by atoms with E-state index in [0.717, 1.165) is 11.1 Å². The summed E-state index contributed by atoms with van der Waals surface area (Å²) in [5.74, 6) is 1.42. The molecule has 1 aromatic rings. The van der Waals surface area contributed by atoms with Gasteiger partial charge in [-0.15, -0.1) is 0 Å². The zero-order valence-corrected chi connectivity index (χ0v) is 21.3. The van der Waals surface area contributed by atoms with Gasteiger partial charge in [-0.3, -0.25) is 4.79 Å². The first kappa shape index (κ1) is 27.7. The molecule has 0 aromatic heterocycles. The maximum atomic E-state index is 12.9. The normalized spacial score (nSPS) is 19.4. The second kappa shape index (κ2) is 13.3. The first-order valence-electron chi connectivity index (χ1n) is 11.8. The number of ether oxygens (including phenoxy) is 5. The van der Waals surface area contributed by atoms with Crippen molar-refractivity contribution in [3.63, 3.8) is 0 Å². The van der Waals surface area contributed by atoms with Gasteiger partial charge in [0.25, 0.3) is 0 Å². The third-order valence-electron chi connectivity index (χ3n) is 6.39. The van der Waals surface area contributed by atoms with E-state index >= 15 is 0 Å². The second-order valence-corrected chi connectivity index (χ2v) is 8.40. The Morgan fingerprint density at radius 1 is 1.12 bits per heavy atom. The molecule has 1 aliphatic carbocycles. The summed E-state index contributed by atoms with van der Waals surface area (Å²) in [6.45, 7) is 5.41. The fourth-order valence-electron chi connectivity index (χ4n) is 4.44. The van der Waals surface area contributed by atoms with E-state index in [1.165, 1.54) is 7.11 Å². The van der Waals surface area contributed by atoms with E-state index in [0.29, 0.717) is 63.4 Å². The van der Waals surface area contributed by atoms with Crippen LogP contribution in [0.2, 0.25) is 0 Å². The highest BCUT2D eigenvalue weighted by Crippen LogP contribution is 2.45. The molecule has 0 heterocycles. The Balaban J connectivity index is 2.41. The molecule has 190 valence electrons. The van der Waals surface area contributed by atoms with Crippen LogP contribution in [0.1, 0.15) is 51.5 Å². The van der Waals surface area contributed by atoms with Crippen molar-refractivity contribution in [3.8, 4) is 11.5 Å². The smallest absolute Gasteiger partial charge is 0.409 e. The molecular formula is C26H39NO7. The summed E-state index contributed by atoms with van der Waals surface area (Å²) in [5.41, 5.74) is 1.47. The molecule has 0 aliphatic heterocycles. The number of Topliss-reactive ketones (excluding diaryl/α,β-unsaturated/α-hetero) is 1. The van der Waals surface area contributed by atoms with Crippen LogP contribution in [-0.4, -0.2) is 71.2 Å². The van der Waals surface area contributed by atoms with Crippen molar-refractivity contribution >= 4 is 11.9 Å². The number of carbonyl (C=O) groups excluding carboxylic acids is 2. The van der Waals surface area contributed by atoms with Crippen LogP contribution in [0.5, 0.6) is 11.5 Å². The first-order chi connectivity index (χ1) is 16.3. The molecule has 1 amide bonds. The number of nitrogens with zero attached hydrogens (tertiary/aromatic N) is 1. The van der Waals surface area contributed by atoms with E-state index in [1.54, 1.807) is 26.2 Å². The molecule has 0 N–H and O–H groups in total. The molecule has 0 saturated heterocycles. The van der Waals surface area contributed by atoms with E-state index in [-0.39, 0.29) is 23.6 Å². The molecule has 8 heteroatoms. The zero-order chi connectivity index (χ0) is 25.1. The first-order valence-corrected chi connectivity index (χ1v) is 11.8. The Bertz CT molecular complexity index is 848. The lowest BCUT2D eigenvalue weighted by atomic mass is 9.65. The molecule has 1 fully saturated rings. The third kappa shape index (κ3) is 6.96. The number of amides is 1. The standard InChI is InChI=1S/C26H39NO7/c1-7-33-24(34-8-2)12-9-19-18-26(14-13-21(19)28,15-16-27(3)25(29)32-6)20-10-11-22(30-4)23(17-20)31-5/h9-11,17,24H,7-8,12-16,18H2,1-6H3/b19-9+/t26-/m1/s1. The highest BCUT2D eigenvalue weighted by atomic mass is 16.7. The van der Waals surface area contributed by atoms with Crippen LogP contribution >= 0.6 is 0 Å². The second-order valence-electron chi connectivity index (χ2n) is 8.40. The van der Waals surface area contributed by atoms with Gasteiger partial charge >= 0.3 is 6.09 Å². The van der Waals surface area contributed by atoms with Crippen molar-refractivity contribution in [3.05, 3.63) is 35.4 Å². The lowest BCUT2D eigenvalue weighted by Gasteiger charge is -2.40. The van der Waals surface area contributed by atoms with E-state index in [4.69, 9.17) is 23.7 Å². The fraction of sp³-hybridized carbons (Fsp3) is 0.615. The number of carbonyl (C=O) groups is 2. The van der Waals surface area contributed by atoms with Crippen LogP contribution in [0.15, 0.2) is 29.8 Å². The van der Waals surface area contributed by atoms with Gasteiger partial charge in [-0.2, -0.15) is 0 Å². The largest absolute Gasteiger partial charge is 0.493 e. The minimum atomic E-state index is -0.388. The summed E-state index contributed by atoms with van der Waals surface area (Å²) in [6.07, 6.45) is 4.02. The number of rotatable bonds is 12. The lowest BCUT2D eigenvalue weighted by molar-refractivity contribution is -0.133. The highest BCUT2D eigenvalue weighted by Gasteiger charge is 2.39. The Morgan fingerprint density at radius 2 is 1.79 bits per heavy atom. The molecule has 1 saturated carbocycles. The molecule has 0 unspecified atom stereocenters. The lowest BCUT2D eigenvalue weighted by Crippen LogP contribution is -2.38. The van der Waals surface area contributed by atoms with E-state index in [1.807, 2.05) is 38.1 Å². The number of methoxy groups -OCH3 is 3. The summed E-state index contributed by atoms with van der Waals surface area (Å²) < 4.78 is 27.1. The Morgan fingerprint density at radius 3 is 2.38 bits per heavy atom. The Hall–Kier alpha value is -2.58. The molecule has 0 spiro atoms. The minimum absolute atomic E-state index is 0.143. The maximum Gasteiger partial charge on any atom is 0.409 e. The SMILES string of the molecule is CCOC(C/C=C1\C[C@@](CCN(C)C(=O)OC)(c2ccc(OC)c(OC)c2)CCC1=O)OCC. The van der Waals surface area contributed by atoms with Crippen molar-refractivity contribution in [2.45, 2.75) is 57.7 Å². The summed E-state index contributed by atoms with van der Waals surface area (Å²) in [5, 5.41) is 0. The minimum Gasteiger partial charge on any atom is -0.493 e. The number of ketones is 1. The van der Waals surface area contributed by atoms with Crippen molar-refractivity contribution in [1.29, 1.82) is 0 Å². The predicted molar refractivity (Wildman–Crippen MR) is 129 cm³/mol. The quantitative estimate of drug-likeness (QED) is 0.324. The van der Waals surface area contributed by atoms with Gasteiger partial charge in [-0.25, -0.2) is 4.79 Å². The maximum absolute atomic E-state index is 12.9. The topological polar surface area (TPSA) is 83.5 Å². The molecule has 1 atom stereocenters. The molecule has 1 aromatic carbocycles. The van der Waals surface area contributed by atoms with Crippen molar-refractivity contribution < 1.29 is 33.3 Å². The number of hydrogen-bond donors (Lipinski definition) is 0. The van der Waals surface area contributed by atoms with Gasteiger partial charge in [0, 0.05) is 45.1 Å². The summed E-state index contributed by atoms with van der Waals surface area (Å²) in [7, 11) is 6.30. The Kier molecular flexibility index (Phi) is 10.9. The average molecular weight is 478 g/mol. The van der Waals surface area contributed by atoms with Gasteiger partial charge in [-0.1, -0.05) is 12.1 Å². The highest BCUT2D eigenvalue weighted by molar-refractivity contribution is 5.96. The molecule has 34 heavy (non-hydrogen) atoms. The van der Waals surface area contributed by atoms with Crippen molar-refractivity contribution in [1.82, 2.24) is 4.90 Å². The summed E-state index contributed by atoms with van der Waals surface area (Å²) >= 11 is 0. The number of allylic oxidation sites excluding steroid dienone is 1. The molecule has 0 radical (unpaired) electrons. The van der Waals surface area contributed by atoms with E-state index < -0.39 is 0 Å². The van der Waals surface area contributed by atoms with Gasteiger partial charge in [0.15, 0.2) is 23.6 Å². The fourth-order valence-corrected chi connectivity index (χ4v) is 4.44. The van der Waals surface area contributed by atoms with Crippen LogP contribution in [-0.2, 0) is 24.4 Å². The predicted octanol–water partition coefficient (Wildman–Crippen LogP) is 4.50. The molecule has 8 nitrogen and oxygen atoms in total. The van der Waals surface area contributed by atoms with Gasteiger partial charge in [0.1, 0.15) is 0 Å². The van der Waals surface area contributed by atoms with Crippen molar-refractivity contribution in [2.24, 2.45) is 0 Å². The van der Waals surface area contributed by atoms with Crippen LogP contribution in [0.4, 0.5) is 4.79 Å². The van der Waals surface area contributed by atoms with E-state index in [2.05, 4.69) is 0 Å². The molecule has 1 aliphatic rings. The monoisotopic (exact) mass is 477 g/mol. The van der Waals surface area contributed by atoms with Gasteiger partial charge in [0.2, 0.25) is 0 Å². The summed E-state index contributed by atoms with van der Waals surface area (Å²) in [4.78, 5) is 26.4. The van der Waals surface area contributed by atoms with E-state index in [9.17, 15) is 9.59 Å². The molecule has 0 bridgehead atoms. The van der Waals surface area contributed by atoms with Gasteiger partial charge in [0.05, 0.1) is 21.3 Å². The van der Waals surface area contributed by atoms with Crippen LogP contribution in [0.25, 0.3) is 0 Å². The summed E-state index contributed by atoms with van der Waals surface area (Å²) in [6, 6.07) is 5.89.